The van der Waals surface area contributed by atoms with Gasteiger partial charge in [0, 0.05) is 17.5 Å². The number of hydrogen-bond acceptors (Lipinski definition) is 9. The lowest BCUT2D eigenvalue weighted by Gasteiger charge is -2.20. The molecule has 0 amide bonds. The Morgan fingerprint density at radius 2 is 1.65 bits per heavy atom. The van der Waals surface area contributed by atoms with Gasteiger partial charge in [0.05, 0.1) is 27.4 Å². The van der Waals surface area contributed by atoms with E-state index in [0.717, 1.165) is 28.0 Å². The zero-order valence-corrected chi connectivity index (χ0v) is 25.8. The fourth-order valence-corrected chi connectivity index (χ4v) is 5.73. The van der Waals surface area contributed by atoms with Gasteiger partial charge in [-0.25, -0.2) is 4.79 Å². The van der Waals surface area contributed by atoms with Crippen molar-refractivity contribution in [1.29, 1.82) is 0 Å². The third-order valence-electron chi connectivity index (χ3n) is 7.41. The molecule has 0 fully saturated rings. The van der Waals surface area contributed by atoms with Gasteiger partial charge in [-0.1, -0.05) is 41.5 Å². The summed E-state index contributed by atoms with van der Waals surface area (Å²) < 4.78 is 54.2. The molecule has 0 radical (unpaired) electrons. The molecule has 1 aliphatic heterocycles. The largest absolute Gasteiger partial charge is 0.497 e. The Bertz CT molecular complexity index is 1620. The van der Waals surface area contributed by atoms with Crippen LogP contribution in [0.25, 0.3) is 0 Å². The third-order valence-corrected chi connectivity index (χ3v) is 8.64. The molecule has 3 aromatic rings. The number of benzene rings is 3. The van der Waals surface area contributed by atoms with Crippen molar-refractivity contribution in [1.82, 2.24) is 0 Å². The number of allylic oxidation sites excluding steroid dienone is 2. The van der Waals surface area contributed by atoms with Gasteiger partial charge in [-0.2, -0.15) is 8.42 Å². The smallest absolute Gasteiger partial charge is 0.342 e. The summed E-state index contributed by atoms with van der Waals surface area (Å²) in [6.07, 6.45) is 2.79. The van der Waals surface area contributed by atoms with Crippen LogP contribution in [0.3, 0.4) is 0 Å². The molecule has 10 heteroatoms. The van der Waals surface area contributed by atoms with Crippen molar-refractivity contribution in [2.45, 2.75) is 64.7 Å². The Balaban J connectivity index is 1.76. The van der Waals surface area contributed by atoms with E-state index in [4.69, 9.17) is 23.1 Å². The summed E-state index contributed by atoms with van der Waals surface area (Å²) in [6, 6.07) is 13.8. The first kappa shape index (κ1) is 31.8. The molecular formula is C33H36O9S. The van der Waals surface area contributed by atoms with Crippen molar-refractivity contribution in [2.75, 3.05) is 14.2 Å². The van der Waals surface area contributed by atoms with Crippen molar-refractivity contribution in [3.63, 3.8) is 0 Å². The van der Waals surface area contributed by atoms with Crippen LogP contribution in [0, 0.1) is 13.8 Å². The van der Waals surface area contributed by atoms with Gasteiger partial charge in [0.15, 0.2) is 5.75 Å². The van der Waals surface area contributed by atoms with Gasteiger partial charge < -0.3 is 23.1 Å². The maximum atomic E-state index is 13.5. The maximum Gasteiger partial charge on any atom is 0.342 e. The van der Waals surface area contributed by atoms with E-state index < -0.39 is 16.1 Å². The van der Waals surface area contributed by atoms with Crippen molar-refractivity contribution < 1.29 is 41.1 Å². The predicted octanol–water partition coefficient (Wildman–Crippen LogP) is 5.91. The summed E-state index contributed by atoms with van der Waals surface area (Å²) in [7, 11) is -1.37. The van der Waals surface area contributed by atoms with Gasteiger partial charge in [0.1, 0.15) is 22.8 Å². The monoisotopic (exact) mass is 608 g/mol. The summed E-state index contributed by atoms with van der Waals surface area (Å²) in [4.78, 5) is 24.6. The molecular weight excluding hydrogens is 572 g/mol. The number of carbonyl (C=O) groups is 2. The van der Waals surface area contributed by atoms with Crippen LogP contribution in [0.2, 0.25) is 0 Å². The highest BCUT2D eigenvalue weighted by Gasteiger charge is 2.35. The Hall–Kier alpha value is -4.15. The van der Waals surface area contributed by atoms with E-state index in [1.807, 2.05) is 51.1 Å². The Morgan fingerprint density at radius 1 is 0.953 bits per heavy atom. The van der Waals surface area contributed by atoms with E-state index in [0.29, 0.717) is 29.7 Å². The van der Waals surface area contributed by atoms with Gasteiger partial charge in [0.2, 0.25) is 0 Å². The average molecular weight is 609 g/mol. The minimum absolute atomic E-state index is 0.000690. The van der Waals surface area contributed by atoms with Crippen LogP contribution >= 0.6 is 0 Å². The average Bonchev–Trinajstić information content (AvgIpc) is 3.39. The Morgan fingerprint density at radius 3 is 2.30 bits per heavy atom. The number of hydrogen-bond donors (Lipinski definition) is 0. The molecule has 0 saturated heterocycles. The second-order valence-electron chi connectivity index (χ2n) is 10.4. The molecule has 4 rings (SSSR count). The molecule has 0 bridgehead atoms. The SMILES string of the molecule is COC(=O)CC/C(C)=C/Cc1c(COCc2ccc(OC)cc2)c(C)c2c(c1OS(=O)(=O)c1ccc(C)cc1)C(=O)OC2. The van der Waals surface area contributed by atoms with Gasteiger partial charge in [0.25, 0.3) is 0 Å². The maximum absolute atomic E-state index is 13.5. The summed E-state index contributed by atoms with van der Waals surface area (Å²) >= 11 is 0. The Labute approximate surface area is 252 Å². The lowest BCUT2D eigenvalue weighted by molar-refractivity contribution is -0.140. The lowest BCUT2D eigenvalue weighted by atomic mass is 9.90. The van der Waals surface area contributed by atoms with E-state index in [9.17, 15) is 18.0 Å². The lowest BCUT2D eigenvalue weighted by Crippen LogP contribution is -2.16. The molecule has 0 aromatic heterocycles. The number of cyclic esters (lactones) is 1. The number of rotatable bonds is 13. The number of methoxy groups -OCH3 is 2. The predicted molar refractivity (Wildman–Crippen MR) is 159 cm³/mol. The second-order valence-corrected chi connectivity index (χ2v) is 11.9. The summed E-state index contributed by atoms with van der Waals surface area (Å²) in [5.74, 6) is -0.310. The van der Waals surface area contributed by atoms with E-state index >= 15 is 0 Å². The first-order valence-corrected chi connectivity index (χ1v) is 15.2. The van der Waals surface area contributed by atoms with E-state index in [-0.39, 0.29) is 48.2 Å². The van der Waals surface area contributed by atoms with E-state index in [2.05, 4.69) is 0 Å². The fourth-order valence-electron chi connectivity index (χ4n) is 4.77. The molecule has 0 spiro atoms. The number of fused-ring (bicyclic) bond motifs is 1. The van der Waals surface area contributed by atoms with Crippen molar-refractivity contribution >= 4 is 22.1 Å². The molecule has 3 aromatic carbocycles. The first-order chi connectivity index (χ1) is 20.5. The second kappa shape index (κ2) is 13.9. The van der Waals surface area contributed by atoms with Gasteiger partial charge in [-0.15, -0.1) is 0 Å². The van der Waals surface area contributed by atoms with Crippen LogP contribution in [-0.2, 0) is 55.4 Å². The highest BCUT2D eigenvalue weighted by atomic mass is 32.2. The van der Waals surface area contributed by atoms with Crippen LogP contribution in [0.4, 0.5) is 0 Å². The highest BCUT2D eigenvalue weighted by Crippen LogP contribution is 2.41. The Kier molecular flexibility index (Phi) is 10.3. The van der Waals surface area contributed by atoms with Crippen LogP contribution in [0.5, 0.6) is 11.5 Å². The zero-order valence-electron chi connectivity index (χ0n) is 25.0. The summed E-state index contributed by atoms with van der Waals surface area (Å²) in [5.41, 5.74) is 5.35. The molecule has 1 heterocycles. The topological polar surface area (TPSA) is 114 Å². The zero-order chi connectivity index (χ0) is 31.1. The van der Waals surface area contributed by atoms with Crippen LogP contribution in [-0.4, -0.2) is 34.6 Å². The standard InChI is InChI=1S/C33H36O9S/c1-21-6-14-26(15-7-21)43(36,37)42-32-27(16-8-22(2)9-17-30(34)39-5)28(23(3)29-20-41-33(35)31(29)32)19-40-18-24-10-12-25(38-4)13-11-24/h6-8,10-15H,9,16-20H2,1-5H3/b22-8+. The molecule has 0 aliphatic carbocycles. The molecule has 0 N–H and O–H groups in total. The van der Waals surface area contributed by atoms with Gasteiger partial charge in [-0.3, -0.25) is 4.79 Å². The quantitative estimate of drug-likeness (QED) is 0.133. The van der Waals surface area contributed by atoms with Gasteiger partial charge >= 0.3 is 22.1 Å². The highest BCUT2D eigenvalue weighted by molar-refractivity contribution is 7.87. The number of esters is 2. The number of carbonyl (C=O) groups excluding carboxylic acids is 2. The van der Waals surface area contributed by atoms with E-state index in [1.54, 1.807) is 19.2 Å². The van der Waals surface area contributed by atoms with Crippen molar-refractivity contribution in [2.24, 2.45) is 0 Å². The van der Waals surface area contributed by atoms with Crippen LogP contribution in [0.1, 0.15) is 63.5 Å². The summed E-state index contributed by atoms with van der Waals surface area (Å²) in [6.45, 7) is 6.02. The fraction of sp³-hybridized carbons (Fsp3) is 0.333. The minimum atomic E-state index is -4.30. The molecule has 1 aliphatic rings. The molecule has 0 atom stereocenters. The number of aryl methyl sites for hydroxylation is 1. The number of ether oxygens (including phenoxy) is 4. The third kappa shape index (κ3) is 7.63. The minimum Gasteiger partial charge on any atom is -0.497 e. The van der Waals surface area contributed by atoms with Crippen LogP contribution < -0.4 is 8.92 Å². The molecule has 43 heavy (non-hydrogen) atoms. The summed E-state index contributed by atoms with van der Waals surface area (Å²) in [5, 5.41) is 0. The normalized spacial score (nSPS) is 13.0. The molecule has 0 saturated carbocycles. The van der Waals surface area contributed by atoms with Crippen LogP contribution in [0.15, 0.2) is 65.1 Å². The molecule has 0 unspecified atom stereocenters. The van der Waals surface area contributed by atoms with Crippen molar-refractivity contribution in [3.8, 4) is 11.5 Å². The first-order valence-electron chi connectivity index (χ1n) is 13.8. The van der Waals surface area contributed by atoms with Crippen molar-refractivity contribution in [3.05, 3.63) is 99.1 Å². The molecule has 228 valence electrons. The van der Waals surface area contributed by atoms with Gasteiger partial charge in [-0.05, 0) is 74.6 Å². The molecule has 9 nitrogen and oxygen atoms in total. The van der Waals surface area contributed by atoms with E-state index in [1.165, 1.54) is 19.2 Å².